The lowest BCUT2D eigenvalue weighted by atomic mass is 9.94. The van der Waals surface area contributed by atoms with Crippen LogP contribution in [0.5, 0.6) is 0 Å². The molecule has 0 saturated carbocycles. The molecule has 1 unspecified atom stereocenters. The minimum Gasteiger partial charge on any atom is -0.445 e. The van der Waals surface area contributed by atoms with Crippen LogP contribution in [-0.2, 0) is 13.0 Å². The largest absolute Gasteiger partial charge is 0.445 e. The molecule has 0 saturated heterocycles. The van der Waals surface area contributed by atoms with Crippen molar-refractivity contribution in [2.45, 2.75) is 38.8 Å². The molecular formula is C13H15IN2OS. The lowest BCUT2D eigenvalue weighted by molar-refractivity contribution is 0.402. The van der Waals surface area contributed by atoms with Crippen LogP contribution in [0.15, 0.2) is 16.7 Å². The molecule has 0 amide bonds. The van der Waals surface area contributed by atoms with E-state index < -0.39 is 0 Å². The molecule has 0 fully saturated rings. The minimum atomic E-state index is 0.459. The lowest BCUT2D eigenvalue weighted by Gasteiger charge is -2.23. The third-order valence-electron chi connectivity index (χ3n) is 3.25. The fourth-order valence-electron chi connectivity index (χ4n) is 2.43. The highest BCUT2D eigenvalue weighted by atomic mass is 127. The number of nitrogens with zero attached hydrogens (tertiary/aromatic N) is 1. The number of fused-ring (bicyclic) bond motifs is 1. The summed E-state index contributed by atoms with van der Waals surface area (Å²) in [6, 6.07) is 2.78. The maximum atomic E-state index is 5.50. The van der Waals surface area contributed by atoms with E-state index in [1.807, 2.05) is 18.3 Å². The maximum Gasteiger partial charge on any atom is 0.208 e. The molecule has 18 heavy (non-hydrogen) atoms. The van der Waals surface area contributed by atoms with Crippen molar-refractivity contribution >= 4 is 33.9 Å². The third kappa shape index (κ3) is 2.62. The summed E-state index contributed by atoms with van der Waals surface area (Å²) in [5.74, 6) is 1.66. The van der Waals surface area contributed by atoms with Crippen molar-refractivity contribution in [1.29, 1.82) is 0 Å². The summed E-state index contributed by atoms with van der Waals surface area (Å²) in [6.07, 6.45) is 5.49. The van der Waals surface area contributed by atoms with Gasteiger partial charge in [0.15, 0.2) is 0 Å². The van der Waals surface area contributed by atoms with E-state index in [9.17, 15) is 0 Å². The van der Waals surface area contributed by atoms with Gasteiger partial charge in [-0.15, -0.1) is 11.3 Å². The molecule has 0 radical (unpaired) electrons. The molecule has 1 aliphatic rings. The van der Waals surface area contributed by atoms with Gasteiger partial charge in [-0.05, 0) is 60.4 Å². The molecule has 96 valence electrons. The molecule has 1 aliphatic carbocycles. The molecule has 1 atom stereocenters. The average molecular weight is 374 g/mol. The van der Waals surface area contributed by atoms with Crippen LogP contribution in [0, 0.1) is 9.81 Å². The number of halogens is 1. The topological polar surface area (TPSA) is 38.1 Å². The number of aromatic nitrogens is 1. The molecule has 3 rings (SSSR count). The second-order valence-electron chi connectivity index (χ2n) is 4.62. The van der Waals surface area contributed by atoms with E-state index in [0.717, 1.165) is 11.7 Å². The molecule has 2 aromatic heterocycles. The summed E-state index contributed by atoms with van der Waals surface area (Å²) < 4.78 is 6.88. The van der Waals surface area contributed by atoms with Gasteiger partial charge in [-0.3, -0.25) is 0 Å². The van der Waals surface area contributed by atoms with Gasteiger partial charge in [0.1, 0.15) is 5.76 Å². The molecule has 2 aromatic rings. The summed E-state index contributed by atoms with van der Waals surface area (Å²) in [6.45, 7) is 2.64. The molecular weight excluding hydrogens is 359 g/mol. The Bertz CT molecular complexity index is 549. The van der Waals surface area contributed by atoms with E-state index in [0.29, 0.717) is 12.6 Å². The van der Waals surface area contributed by atoms with Crippen LogP contribution < -0.4 is 5.32 Å². The Morgan fingerprint density at radius 3 is 3.28 bits per heavy atom. The van der Waals surface area contributed by atoms with E-state index in [2.05, 4.69) is 39.0 Å². The minimum absolute atomic E-state index is 0.459. The van der Waals surface area contributed by atoms with E-state index in [4.69, 9.17) is 4.42 Å². The Balaban J connectivity index is 1.70. The zero-order valence-corrected chi connectivity index (χ0v) is 13.2. The van der Waals surface area contributed by atoms with Gasteiger partial charge >= 0.3 is 0 Å². The van der Waals surface area contributed by atoms with Crippen molar-refractivity contribution in [1.82, 2.24) is 10.3 Å². The number of thiophene rings is 1. The number of nitrogens with one attached hydrogen (secondary N) is 1. The first-order valence-corrected chi connectivity index (χ1v) is 8.04. The molecule has 0 spiro atoms. The second kappa shape index (κ2) is 5.30. The normalized spacial score (nSPS) is 18.9. The molecule has 5 heteroatoms. The van der Waals surface area contributed by atoms with Crippen LogP contribution >= 0.6 is 33.9 Å². The van der Waals surface area contributed by atoms with E-state index in [1.165, 1.54) is 27.7 Å². The highest BCUT2D eigenvalue weighted by molar-refractivity contribution is 14.1. The van der Waals surface area contributed by atoms with Crippen molar-refractivity contribution < 1.29 is 4.42 Å². The highest BCUT2D eigenvalue weighted by Gasteiger charge is 2.22. The zero-order chi connectivity index (χ0) is 12.5. The Morgan fingerprint density at radius 2 is 2.50 bits per heavy atom. The standard InChI is InChI=1S/C13H15IN2OS/c1-8-6-16-13(17-8)7-15-10-3-2-4-11-9(10)5-12(14)18-11/h5-6,10,15H,2-4,7H2,1H3. The van der Waals surface area contributed by atoms with Crippen LogP contribution in [0.3, 0.4) is 0 Å². The van der Waals surface area contributed by atoms with Gasteiger partial charge in [-0.1, -0.05) is 0 Å². The smallest absolute Gasteiger partial charge is 0.208 e. The quantitative estimate of drug-likeness (QED) is 0.831. The van der Waals surface area contributed by atoms with Crippen LogP contribution in [0.4, 0.5) is 0 Å². The SMILES string of the molecule is Cc1cnc(CNC2CCCc3sc(I)cc32)o1. The van der Waals surface area contributed by atoms with Gasteiger partial charge < -0.3 is 9.73 Å². The van der Waals surface area contributed by atoms with Crippen LogP contribution in [0.1, 0.15) is 41.0 Å². The van der Waals surface area contributed by atoms with Crippen molar-refractivity contribution in [3.05, 3.63) is 37.2 Å². The molecule has 2 heterocycles. The molecule has 3 nitrogen and oxygen atoms in total. The van der Waals surface area contributed by atoms with Gasteiger partial charge in [-0.2, -0.15) is 0 Å². The Labute approximate surface area is 124 Å². The summed E-state index contributed by atoms with van der Waals surface area (Å²) in [7, 11) is 0. The summed E-state index contributed by atoms with van der Waals surface area (Å²) >= 11 is 4.34. The third-order valence-corrected chi connectivity index (χ3v) is 5.22. The summed E-state index contributed by atoms with van der Waals surface area (Å²) in [4.78, 5) is 5.78. The van der Waals surface area contributed by atoms with Crippen molar-refractivity contribution in [2.75, 3.05) is 0 Å². The highest BCUT2D eigenvalue weighted by Crippen LogP contribution is 2.36. The van der Waals surface area contributed by atoms with Gasteiger partial charge in [-0.25, -0.2) is 4.98 Å². The first-order valence-electron chi connectivity index (χ1n) is 6.15. The first kappa shape index (κ1) is 12.6. The maximum absolute atomic E-state index is 5.50. The molecule has 1 N–H and O–H groups in total. The number of aryl methyl sites for hydroxylation is 2. The molecule has 0 bridgehead atoms. The van der Waals surface area contributed by atoms with Crippen molar-refractivity contribution in [3.63, 3.8) is 0 Å². The summed E-state index contributed by atoms with van der Waals surface area (Å²) in [5.41, 5.74) is 1.49. The predicted octanol–water partition coefficient (Wildman–Crippen LogP) is 3.82. The number of rotatable bonds is 3. The monoisotopic (exact) mass is 374 g/mol. The Hall–Kier alpha value is -0.400. The zero-order valence-electron chi connectivity index (χ0n) is 10.2. The van der Waals surface area contributed by atoms with E-state index in [1.54, 1.807) is 11.1 Å². The lowest BCUT2D eigenvalue weighted by Crippen LogP contribution is -2.23. The van der Waals surface area contributed by atoms with Gasteiger partial charge in [0.2, 0.25) is 5.89 Å². The Morgan fingerprint density at radius 1 is 1.61 bits per heavy atom. The second-order valence-corrected chi connectivity index (χ2v) is 7.65. The van der Waals surface area contributed by atoms with Crippen molar-refractivity contribution in [2.24, 2.45) is 0 Å². The number of hydrogen-bond acceptors (Lipinski definition) is 4. The van der Waals surface area contributed by atoms with Crippen LogP contribution in [-0.4, -0.2) is 4.98 Å². The molecule has 0 aliphatic heterocycles. The number of hydrogen-bond donors (Lipinski definition) is 1. The summed E-state index contributed by atoms with van der Waals surface area (Å²) in [5, 5.41) is 3.57. The molecule has 0 aromatic carbocycles. The fourth-order valence-corrected chi connectivity index (χ4v) is 4.55. The van der Waals surface area contributed by atoms with Crippen molar-refractivity contribution in [3.8, 4) is 0 Å². The number of oxazole rings is 1. The van der Waals surface area contributed by atoms with Crippen LogP contribution in [0.25, 0.3) is 0 Å². The average Bonchev–Trinajstić information content (AvgIpc) is 2.91. The van der Waals surface area contributed by atoms with E-state index in [-0.39, 0.29) is 0 Å². The van der Waals surface area contributed by atoms with Crippen LogP contribution in [0.2, 0.25) is 0 Å². The first-order chi connectivity index (χ1) is 8.72. The Kier molecular flexibility index (Phi) is 3.72. The van der Waals surface area contributed by atoms with Gasteiger partial charge in [0, 0.05) is 10.9 Å². The predicted molar refractivity (Wildman–Crippen MR) is 80.8 cm³/mol. The van der Waals surface area contributed by atoms with E-state index >= 15 is 0 Å². The van der Waals surface area contributed by atoms with Gasteiger partial charge in [0.05, 0.1) is 15.6 Å². The fraction of sp³-hybridized carbons (Fsp3) is 0.462. The van der Waals surface area contributed by atoms with Gasteiger partial charge in [0.25, 0.3) is 0 Å².